The van der Waals surface area contributed by atoms with Crippen molar-refractivity contribution >= 4 is 28.3 Å². The molecule has 1 amide bonds. The fourth-order valence-corrected chi connectivity index (χ4v) is 3.03. The quantitative estimate of drug-likeness (QED) is 0.857. The predicted octanol–water partition coefficient (Wildman–Crippen LogP) is 2.56. The average Bonchev–Trinajstić information content (AvgIpc) is 3.15. The Balaban J connectivity index is 1.58. The Hall–Kier alpha value is -2.28. The van der Waals surface area contributed by atoms with Crippen molar-refractivity contribution in [3.63, 3.8) is 0 Å². The molecule has 0 saturated carbocycles. The number of amides is 1. The van der Waals surface area contributed by atoms with E-state index < -0.39 is 0 Å². The van der Waals surface area contributed by atoms with Gasteiger partial charge in [-0.25, -0.2) is 0 Å². The second-order valence-corrected chi connectivity index (χ2v) is 5.95. The van der Waals surface area contributed by atoms with E-state index in [2.05, 4.69) is 15.5 Å². The molecule has 0 unspecified atom stereocenters. The van der Waals surface area contributed by atoms with Gasteiger partial charge in [0.05, 0.1) is 6.42 Å². The van der Waals surface area contributed by atoms with E-state index >= 15 is 0 Å². The first-order valence-electron chi connectivity index (χ1n) is 7.03. The minimum atomic E-state index is -0.261. The molecule has 1 N–H and O–H groups in total. The number of carbonyl (C=O) groups is 2. The van der Waals surface area contributed by atoms with Crippen LogP contribution in [0, 0.1) is 5.92 Å². The zero-order valence-corrected chi connectivity index (χ0v) is 12.6. The third kappa shape index (κ3) is 3.48. The Bertz CT molecular complexity index is 645. The smallest absolute Gasteiger partial charge is 0.306 e. The largest absolute Gasteiger partial charge is 0.457 e. The molecule has 1 aliphatic rings. The highest BCUT2D eigenvalue weighted by molar-refractivity contribution is 7.13. The summed E-state index contributed by atoms with van der Waals surface area (Å²) in [6.45, 7) is 0. The van der Waals surface area contributed by atoms with Gasteiger partial charge in [-0.05, 0) is 12.0 Å². The Labute approximate surface area is 131 Å². The lowest BCUT2D eigenvalue weighted by Gasteiger charge is -2.17. The van der Waals surface area contributed by atoms with Crippen LogP contribution in [0.4, 0.5) is 5.13 Å². The zero-order valence-electron chi connectivity index (χ0n) is 11.8. The van der Waals surface area contributed by atoms with Gasteiger partial charge in [-0.15, -0.1) is 10.2 Å². The summed E-state index contributed by atoms with van der Waals surface area (Å²) < 4.78 is 5.41. The highest BCUT2D eigenvalue weighted by Gasteiger charge is 2.35. The van der Waals surface area contributed by atoms with Gasteiger partial charge in [0.15, 0.2) is 0 Å². The highest BCUT2D eigenvalue weighted by Crippen LogP contribution is 2.38. The summed E-state index contributed by atoms with van der Waals surface area (Å²) in [4.78, 5) is 23.5. The molecule has 6 nitrogen and oxygen atoms in total. The number of hydrogen-bond acceptors (Lipinski definition) is 6. The van der Waals surface area contributed by atoms with E-state index in [0.29, 0.717) is 24.4 Å². The lowest BCUT2D eigenvalue weighted by atomic mass is 9.91. The molecular formula is C15H15N3O3S. The van der Waals surface area contributed by atoms with Crippen molar-refractivity contribution < 1.29 is 14.3 Å². The number of benzene rings is 1. The number of hydrogen-bond donors (Lipinski definition) is 1. The number of cyclic esters (lactones) is 1. The normalized spacial score (nSPS) is 20.6. The molecule has 2 atom stereocenters. The van der Waals surface area contributed by atoms with Crippen molar-refractivity contribution in [1.29, 1.82) is 0 Å². The van der Waals surface area contributed by atoms with Crippen LogP contribution in [0.15, 0.2) is 35.8 Å². The topological polar surface area (TPSA) is 81.2 Å². The number of esters is 1. The summed E-state index contributed by atoms with van der Waals surface area (Å²) in [7, 11) is 0. The Morgan fingerprint density at radius 1 is 1.36 bits per heavy atom. The van der Waals surface area contributed by atoms with E-state index in [0.717, 1.165) is 5.56 Å². The summed E-state index contributed by atoms with van der Waals surface area (Å²) in [5.41, 5.74) is 2.53. The molecule has 114 valence electrons. The van der Waals surface area contributed by atoms with E-state index in [9.17, 15) is 9.59 Å². The highest BCUT2D eigenvalue weighted by atomic mass is 32.1. The number of nitrogens with zero attached hydrogens (tertiary/aromatic N) is 2. The number of anilines is 1. The van der Waals surface area contributed by atoms with Crippen molar-refractivity contribution in [3.05, 3.63) is 41.4 Å². The number of rotatable bonds is 5. The predicted molar refractivity (Wildman–Crippen MR) is 81.2 cm³/mol. The molecule has 2 heterocycles. The van der Waals surface area contributed by atoms with Crippen LogP contribution in [0.3, 0.4) is 0 Å². The van der Waals surface area contributed by atoms with Gasteiger partial charge in [0.25, 0.3) is 0 Å². The molecule has 0 aliphatic carbocycles. The number of carbonyl (C=O) groups excluding carboxylic acids is 2. The molecule has 0 spiro atoms. The number of ether oxygens (including phenoxy) is 1. The third-order valence-corrected chi connectivity index (χ3v) is 4.20. The maximum Gasteiger partial charge on any atom is 0.306 e. The molecule has 0 radical (unpaired) electrons. The fourth-order valence-electron chi connectivity index (χ4n) is 2.57. The Morgan fingerprint density at radius 2 is 2.18 bits per heavy atom. The fraction of sp³-hybridized carbons (Fsp3) is 0.333. The summed E-state index contributed by atoms with van der Waals surface area (Å²) in [5.74, 6) is -0.304. The monoisotopic (exact) mass is 317 g/mol. The van der Waals surface area contributed by atoms with Crippen molar-refractivity contribution in [3.8, 4) is 0 Å². The maximum atomic E-state index is 11.9. The van der Waals surface area contributed by atoms with Gasteiger partial charge >= 0.3 is 5.97 Å². The van der Waals surface area contributed by atoms with Gasteiger partial charge in [0.2, 0.25) is 11.0 Å². The zero-order chi connectivity index (χ0) is 15.4. The van der Waals surface area contributed by atoms with Crippen LogP contribution in [0.2, 0.25) is 0 Å². The molecule has 0 bridgehead atoms. The van der Waals surface area contributed by atoms with Crippen LogP contribution >= 0.6 is 11.3 Å². The summed E-state index contributed by atoms with van der Waals surface area (Å²) in [5, 5.41) is 10.6. The van der Waals surface area contributed by atoms with Crippen molar-refractivity contribution in [2.45, 2.75) is 25.4 Å². The van der Waals surface area contributed by atoms with Crippen LogP contribution in [0.5, 0.6) is 0 Å². The van der Waals surface area contributed by atoms with Crippen molar-refractivity contribution in [1.82, 2.24) is 10.2 Å². The van der Waals surface area contributed by atoms with E-state index in [-0.39, 0.29) is 23.9 Å². The first kappa shape index (κ1) is 14.6. The molecule has 1 saturated heterocycles. The number of aromatic nitrogens is 2. The van der Waals surface area contributed by atoms with Crippen molar-refractivity contribution in [2.24, 2.45) is 5.92 Å². The standard InChI is InChI=1S/C15H15N3O3S/c19-12(17-15-18-16-9-22-15)7-6-11-8-13(20)21-14(11)10-4-2-1-3-5-10/h1-5,9,11,14H,6-8H2,(H,17,18,19)/t11-,14+/m1/s1. The van der Waals surface area contributed by atoms with Crippen LogP contribution in [-0.4, -0.2) is 22.1 Å². The van der Waals surface area contributed by atoms with E-state index in [1.165, 1.54) is 11.3 Å². The molecule has 1 aromatic heterocycles. The van der Waals surface area contributed by atoms with Crippen LogP contribution < -0.4 is 5.32 Å². The summed E-state index contributed by atoms with van der Waals surface area (Å²) >= 11 is 1.27. The van der Waals surface area contributed by atoms with Gasteiger partial charge in [0, 0.05) is 12.3 Å². The molecule has 1 aromatic carbocycles. The summed E-state index contributed by atoms with van der Waals surface area (Å²) in [6.07, 6.45) is 1.01. The second-order valence-electron chi connectivity index (χ2n) is 5.12. The molecule has 22 heavy (non-hydrogen) atoms. The first-order valence-corrected chi connectivity index (χ1v) is 7.91. The minimum Gasteiger partial charge on any atom is -0.457 e. The minimum absolute atomic E-state index is 0.0232. The second kappa shape index (κ2) is 6.65. The Morgan fingerprint density at radius 3 is 2.91 bits per heavy atom. The van der Waals surface area contributed by atoms with Crippen molar-refractivity contribution in [2.75, 3.05) is 5.32 Å². The third-order valence-electron chi connectivity index (χ3n) is 3.59. The lowest BCUT2D eigenvalue weighted by Crippen LogP contribution is -2.15. The Kier molecular flexibility index (Phi) is 4.43. The molecule has 7 heteroatoms. The van der Waals surface area contributed by atoms with Gasteiger partial charge < -0.3 is 10.1 Å². The lowest BCUT2D eigenvalue weighted by molar-refractivity contribution is -0.141. The van der Waals surface area contributed by atoms with Gasteiger partial charge in [-0.1, -0.05) is 41.7 Å². The van der Waals surface area contributed by atoms with E-state index in [4.69, 9.17) is 4.74 Å². The SMILES string of the molecule is O=C(CC[C@@H]1CC(=O)O[C@H]1c1ccccc1)Nc1nncs1. The average molecular weight is 317 g/mol. The van der Waals surface area contributed by atoms with Crippen LogP contribution in [0.1, 0.15) is 30.9 Å². The van der Waals surface area contributed by atoms with E-state index in [1.54, 1.807) is 5.51 Å². The molecular weight excluding hydrogens is 302 g/mol. The first-order chi connectivity index (χ1) is 10.7. The van der Waals surface area contributed by atoms with Gasteiger partial charge in [0.1, 0.15) is 11.6 Å². The summed E-state index contributed by atoms with van der Waals surface area (Å²) in [6, 6.07) is 9.64. The molecule has 2 aromatic rings. The molecule has 1 fully saturated rings. The van der Waals surface area contributed by atoms with Gasteiger partial charge in [-0.3, -0.25) is 9.59 Å². The van der Waals surface area contributed by atoms with E-state index in [1.807, 2.05) is 30.3 Å². The maximum absolute atomic E-state index is 11.9. The molecule has 3 rings (SSSR count). The van der Waals surface area contributed by atoms with Crippen LogP contribution in [0.25, 0.3) is 0 Å². The molecule has 1 aliphatic heterocycles. The van der Waals surface area contributed by atoms with Gasteiger partial charge in [-0.2, -0.15) is 0 Å². The number of nitrogens with one attached hydrogen (secondary N) is 1. The van der Waals surface area contributed by atoms with Crippen LogP contribution in [-0.2, 0) is 14.3 Å².